The summed E-state index contributed by atoms with van der Waals surface area (Å²) < 4.78 is 51.9. The second kappa shape index (κ2) is 9.46. The Balaban J connectivity index is 2.86. The van der Waals surface area contributed by atoms with Gasteiger partial charge in [0, 0.05) is 25.4 Å². The van der Waals surface area contributed by atoms with Crippen LogP contribution < -0.4 is 11.2 Å². The van der Waals surface area contributed by atoms with E-state index >= 15 is 0 Å². The first kappa shape index (κ1) is 26.1. The molecule has 0 radical (unpaired) electrons. The van der Waals surface area contributed by atoms with E-state index in [0.717, 1.165) is 6.07 Å². The van der Waals surface area contributed by atoms with Crippen LogP contribution in [0.4, 0.5) is 0 Å². The van der Waals surface area contributed by atoms with E-state index in [0.29, 0.717) is 0 Å². The highest BCUT2D eigenvalue weighted by molar-refractivity contribution is 7.66. The van der Waals surface area contributed by atoms with Crippen LogP contribution >= 0.6 is 23.5 Å². The van der Waals surface area contributed by atoms with Crippen LogP contribution in [0.5, 0.6) is 0 Å². The summed E-state index contributed by atoms with van der Waals surface area (Å²) in [6.45, 7) is 2.31. The summed E-state index contributed by atoms with van der Waals surface area (Å²) in [7, 11) is -15.2. The lowest BCUT2D eigenvalue weighted by atomic mass is 9.98. The highest BCUT2D eigenvalue weighted by Crippen LogP contribution is 2.66. The number of nitrogens with zero attached hydrogens (tertiary/aromatic N) is 1. The molecular formula is C11H21N2O13P3. The average Bonchev–Trinajstić information content (AvgIpc) is 2.49. The molecular weight excluding hydrogens is 461 g/mol. The van der Waals surface area contributed by atoms with Gasteiger partial charge in [-0.05, 0) is 20.3 Å². The second-order valence-electron chi connectivity index (χ2n) is 6.09. The van der Waals surface area contributed by atoms with E-state index in [9.17, 15) is 28.2 Å². The molecule has 1 rings (SSSR count). The van der Waals surface area contributed by atoms with E-state index < -0.39 is 53.0 Å². The number of nitrogens with one attached hydrogen (secondary N) is 1. The van der Waals surface area contributed by atoms with Gasteiger partial charge in [-0.2, -0.15) is 8.62 Å². The molecule has 0 bridgehead atoms. The van der Waals surface area contributed by atoms with Crippen molar-refractivity contribution in [3.05, 3.63) is 33.1 Å². The standard InChI is InChI=1S/C11H21N2O13P3/c1-8(13-5-4-9(14)12-10(13)15)6-11(2,23-3)7-24-28(19,20)26-29(21,22)25-27(16,17)18/h4-5,8H,6-7H2,1-3H3,(H,19,20)(H,21,22)(H,12,14,15)(H2,16,17,18)/t8?,11-/m0/s1. The van der Waals surface area contributed by atoms with E-state index in [2.05, 4.69) is 18.1 Å². The van der Waals surface area contributed by atoms with Crippen molar-refractivity contribution < 1.29 is 51.2 Å². The Hall–Kier alpha value is -0.950. The number of methoxy groups -OCH3 is 1. The highest BCUT2D eigenvalue weighted by atomic mass is 31.3. The zero-order valence-electron chi connectivity index (χ0n) is 15.4. The molecule has 0 saturated heterocycles. The number of phosphoric ester groups is 1. The van der Waals surface area contributed by atoms with Crippen LogP contribution in [0.25, 0.3) is 0 Å². The molecule has 0 fully saturated rings. The summed E-state index contributed by atoms with van der Waals surface area (Å²) in [6, 6.07) is 0.530. The second-order valence-corrected chi connectivity index (χ2v) is 10.5. The summed E-state index contributed by atoms with van der Waals surface area (Å²) >= 11 is 0. The van der Waals surface area contributed by atoms with Crippen LogP contribution in [-0.4, -0.2) is 48.4 Å². The van der Waals surface area contributed by atoms with Crippen LogP contribution in [0, 0.1) is 0 Å². The average molecular weight is 482 g/mol. The number of hydrogen-bond acceptors (Lipinski definition) is 9. The minimum absolute atomic E-state index is 0.00518. The largest absolute Gasteiger partial charge is 0.490 e. The summed E-state index contributed by atoms with van der Waals surface area (Å²) in [6.07, 6.45) is 1.25. The molecule has 0 aliphatic heterocycles. The van der Waals surface area contributed by atoms with Crippen molar-refractivity contribution >= 4 is 23.5 Å². The number of ether oxygens (including phenoxy) is 1. The quantitative estimate of drug-likeness (QED) is 0.267. The molecule has 1 heterocycles. The lowest BCUT2D eigenvalue weighted by Crippen LogP contribution is -2.38. The van der Waals surface area contributed by atoms with E-state index in [1.165, 1.54) is 24.8 Å². The SMILES string of the molecule is CO[C@](C)(COP(=O)(O)OP(=O)(O)OP(=O)(O)O)CC(C)n1ccc(=O)[nH]c1=O. The Morgan fingerprint density at radius 1 is 1.14 bits per heavy atom. The fourth-order valence-electron chi connectivity index (χ4n) is 2.22. The zero-order valence-corrected chi connectivity index (χ0v) is 18.1. The van der Waals surface area contributed by atoms with Gasteiger partial charge >= 0.3 is 29.2 Å². The number of phosphoric acid groups is 3. The number of aromatic nitrogens is 2. The van der Waals surface area contributed by atoms with Crippen LogP contribution in [0.3, 0.4) is 0 Å². The van der Waals surface area contributed by atoms with Crippen molar-refractivity contribution in [1.29, 1.82) is 0 Å². The Morgan fingerprint density at radius 3 is 2.21 bits per heavy atom. The maximum Gasteiger partial charge on any atom is 0.490 e. The van der Waals surface area contributed by atoms with Gasteiger partial charge in [-0.3, -0.25) is 18.9 Å². The molecule has 3 unspecified atom stereocenters. The van der Waals surface area contributed by atoms with Crippen LogP contribution in [0.15, 0.2) is 21.9 Å². The minimum Gasteiger partial charge on any atom is -0.376 e. The smallest absolute Gasteiger partial charge is 0.376 e. The fourth-order valence-corrected chi connectivity index (χ4v) is 5.35. The maximum atomic E-state index is 11.8. The molecule has 0 aliphatic rings. The summed E-state index contributed by atoms with van der Waals surface area (Å²) in [5, 5.41) is 0. The molecule has 29 heavy (non-hydrogen) atoms. The van der Waals surface area contributed by atoms with Gasteiger partial charge in [0.25, 0.3) is 5.56 Å². The summed E-state index contributed by atoms with van der Waals surface area (Å²) in [4.78, 5) is 60.7. The van der Waals surface area contributed by atoms with Gasteiger partial charge in [0.15, 0.2) is 0 Å². The molecule has 168 valence electrons. The zero-order chi connectivity index (χ0) is 22.7. The number of rotatable bonds is 11. The fraction of sp³-hybridized carbons (Fsp3) is 0.636. The Labute approximate surface area is 163 Å². The molecule has 1 aromatic heterocycles. The first-order valence-corrected chi connectivity index (χ1v) is 12.1. The van der Waals surface area contributed by atoms with Crippen LogP contribution in [-0.2, 0) is 31.6 Å². The maximum absolute atomic E-state index is 11.8. The first-order chi connectivity index (χ1) is 13.0. The third-order valence-corrected chi connectivity index (χ3v) is 7.28. The van der Waals surface area contributed by atoms with Gasteiger partial charge in [-0.25, -0.2) is 18.5 Å². The molecule has 15 nitrogen and oxygen atoms in total. The molecule has 0 aromatic carbocycles. The van der Waals surface area contributed by atoms with Crippen molar-refractivity contribution in [2.24, 2.45) is 0 Å². The first-order valence-electron chi connectivity index (χ1n) is 7.62. The van der Waals surface area contributed by atoms with Crippen molar-refractivity contribution in [1.82, 2.24) is 9.55 Å². The van der Waals surface area contributed by atoms with Gasteiger partial charge in [-0.1, -0.05) is 0 Å². The van der Waals surface area contributed by atoms with Gasteiger partial charge < -0.3 is 24.3 Å². The Morgan fingerprint density at radius 2 is 1.72 bits per heavy atom. The van der Waals surface area contributed by atoms with Crippen LogP contribution in [0.1, 0.15) is 26.3 Å². The molecule has 0 saturated carbocycles. The molecule has 0 amide bonds. The molecule has 18 heteroatoms. The van der Waals surface area contributed by atoms with Gasteiger partial charge in [0.1, 0.15) is 0 Å². The predicted octanol–water partition coefficient (Wildman–Crippen LogP) is 0.236. The van der Waals surface area contributed by atoms with Gasteiger partial charge in [0.2, 0.25) is 0 Å². The number of aromatic amines is 1. The van der Waals surface area contributed by atoms with E-state index in [4.69, 9.17) is 19.4 Å². The van der Waals surface area contributed by atoms with Crippen LogP contribution in [0.2, 0.25) is 0 Å². The van der Waals surface area contributed by atoms with E-state index in [-0.39, 0.29) is 6.42 Å². The number of H-pyrrole nitrogens is 1. The molecule has 0 aliphatic carbocycles. The molecule has 5 N–H and O–H groups in total. The third kappa shape index (κ3) is 9.16. The summed E-state index contributed by atoms with van der Waals surface area (Å²) in [5.74, 6) is 0. The van der Waals surface area contributed by atoms with Gasteiger partial charge in [-0.15, -0.1) is 0 Å². The normalized spacial score (nSPS) is 19.7. The molecule has 4 atom stereocenters. The van der Waals surface area contributed by atoms with E-state index in [1.54, 1.807) is 6.92 Å². The van der Waals surface area contributed by atoms with E-state index in [1.807, 2.05) is 0 Å². The van der Waals surface area contributed by atoms with Crippen molar-refractivity contribution in [3.63, 3.8) is 0 Å². The highest BCUT2D eigenvalue weighted by Gasteiger charge is 2.42. The lowest BCUT2D eigenvalue weighted by molar-refractivity contribution is -0.0498. The Bertz CT molecular complexity index is 967. The third-order valence-electron chi connectivity index (χ3n) is 3.49. The van der Waals surface area contributed by atoms with Gasteiger partial charge in [0.05, 0.1) is 12.2 Å². The minimum atomic E-state index is -5.63. The lowest BCUT2D eigenvalue weighted by Gasteiger charge is -2.31. The van der Waals surface area contributed by atoms with Crippen molar-refractivity contribution in [2.75, 3.05) is 13.7 Å². The molecule has 0 spiro atoms. The monoisotopic (exact) mass is 482 g/mol. The number of hydrogen-bond donors (Lipinski definition) is 5. The predicted molar refractivity (Wildman–Crippen MR) is 95.9 cm³/mol. The van der Waals surface area contributed by atoms with Crippen molar-refractivity contribution in [2.45, 2.75) is 31.9 Å². The van der Waals surface area contributed by atoms with Crippen molar-refractivity contribution in [3.8, 4) is 0 Å². The molecule has 1 aromatic rings. The topological polar surface area (TPSA) is 224 Å². The summed E-state index contributed by atoms with van der Waals surface area (Å²) in [5.41, 5.74) is -2.63. The Kier molecular flexibility index (Phi) is 8.51.